The van der Waals surface area contributed by atoms with Gasteiger partial charge in [-0.25, -0.2) is 13.8 Å². The Kier molecular flexibility index (Phi) is 2.07. The molecule has 6 heteroatoms. The number of nitrogen functional groups attached to an aromatic ring is 2. The summed E-state index contributed by atoms with van der Waals surface area (Å²) in [5, 5.41) is 0. The monoisotopic (exact) mass is 177 g/mol. The first-order chi connectivity index (χ1) is 5.52. The Labute approximate surface area is 66.2 Å². The zero-order chi connectivity index (χ0) is 9.30. The summed E-state index contributed by atoms with van der Waals surface area (Å²) in [6.07, 6.45) is -2.84. The molecule has 1 heterocycles. The summed E-state index contributed by atoms with van der Waals surface area (Å²) >= 11 is 0. The second-order valence-electron chi connectivity index (χ2n) is 2.13. The van der Waals surface area contributed by atoms with Crippen LogP contribution in [0.25, 0.3) is 0 Å². The van der Waals surface area contributed by atoms with Crippen LogP contribution in [0.15, 0.2) is 6.07 Å². The van der Waals surface area contributed by atoms with Crippen LogP contribution < -0.4 is 11.5 Å². The Hall–Kier alpha value is -1.46. The number of aromatic nitrogens is 1. The number of nitrogens with two attached hydrogens (primary N) is 2. The van der Waals surface area contributed by atoms with Gasteiger partial charge >= 0.3 is 0 Å². The Bertz CT molecular complexity index is 277. The van der Waals surface area contributed by atoms with E-state index in [2.05, 4.69) is 4.98 Å². The van der Waals surface area contributed by atoms with Crippen LogP contribution in [-0.4, -0.2) is 4.98 Å². The normalized spacial score (nSPS) is 10.7. The second-order valence-corrected chi connectivity index (χ2v) is 2.13. The third-order valence-electron chi connectivity index (χ3n) is 1.31. The molecule has 0 spiro atoms. The summed E-state index contributed by atoms with van der Waals surface area (Å²) in [5.41, 5.74) is 9.10. The van der Waals surface area contributed by atoms with Gasteiger partial charge in [0.05, 0.1) is 5.56 Å². The van der Waals surface area contributed by atoms with Gasteiger partial charge in [0, 0.05) is 11.8 Å². The lowest BCUT2D eigenvalue weighted by Gasteiger charge is -2.06. The van der Waals surface area contributed by atoms with Crippen LogP contribution in [0.4, 0.5) is 24.7 Å². The molecular formula is C6H6F3N3. The quantitative estimate of drug-likeness (QED) is 0.636. The topological polar surface area (TPSA) is 64.9 Å². The maximum atomic E-state index is 12.4. The van der Waals surface area contributed by atoms with Gasteiger partial charge in [-0.15, -0.1) is 0 Å². The number of nitrogens with zero attached hydrogens (tertiary/aromatic N) is 1. The van der Waals surface area contributed by atoms with E-state index < -0.39 is 23.8 Å². The molecule has 0 bridgehead atoms. The summed E-state index contributed by atoms with van der Waals surface area (Å²) in [5.74, 6) is -1.53. The zero-order valence-electron chi connectivity index (χ0n) is 5.89. The van der Waals surface area contributed by atoms with Crippen LogP contribution >= 0.6 is 0 Å². The molecule has 0 fully saturated rings. The van der Waals surface area contributed by atoms with Crippen molar-refractivity contribution in [3.8, 4) is 0 Å². The molecule has 3 nitrogen and oxygen atoms in total. The van der Waals surface area contributed by atoms with Gasteiger partial charge in [0.1, 0.15) is 5.82 Å². The van der Waals surface area contributed by atoms with E-state index >= 15 is 0 Å². The second kappa shape index (κ2) is 2.88. The minimum Gasteiger partial charge on any atom is -0.398 e. The number of anilines is 2. The van der Waals surface area contributed by atoms with Gasteiger partial charge in [-0.2, -0.15) is 4.39 Å². The van der Waals surface area contributed by atoms with Gasteiger partial charge in [-0.1, -0.05) is 0 Å². The van der Waals surface area contributed by atoms with E-state index in [0.29, 0.717) is 6.07 Å². The molecule has 0 radical (unpaired) electrons. The SMILES string of the molecule is Nc1cc(F)nc(N)c1C(F)F. The van der Waals surface area contributed by atoms with Crippen molar-refractivity contribution in [3.05, 3.63) is 17.6 Å². The van der Waals surface area contributed by atoms with Gasteiger partial charge < -0.3 is 11.5 Å². The predicted octanol–water partition coefficient (Wildman–Crippen LogP) is 1.32. The molecular weight excluding hydrogens is 171 g/mol. The zero-order valence-corrected chi connectivity index (χ0v) is 5.89. The average molecular weight is 177 g/mol. The molecule has 0 aromatic carbocycles. The summed E-state index contributed by atoms with van der Waals surface area (Å²) in [6, 6.07) is 0.706. The first-order valence-corrected chi connectivity index (χ1v) is 3.02. The maximum Gasteiger partial charge on any atom is 0.269 e. The van der Waals surface area contributed by atoms with E-state index in [-0.39, 0.29) is 5.69 Å². The fourth-order valence-electron chi connectivity index (χ4n) is 0.799. The molecule has 4 N–H and O–H groups in total. The van der Waals surface area contributed by atoms with E-state index in [4.69, 9.17) is 11.5 Å². The third-order valence-corrected chi connectivity index (χ3v) is 1.31. The van der Waals surface area contributed by atoms with Crippen LogP contribution in [0.5, 0.6) is 0 Å². The van der Waals surface area contributed by atoms with Crippen molar-refractivity contribution in [2.45, 2.75) is 6.43 Å². The highest BCUT2D eigenvalue weighted by molar-refractivity contribution is 5.57. The Balaban J connectivity index is 3.28. The van der Waals surface area contributed by atoms with Crippen LogP contribution in [-0.2, 0) is 0 Å². The Morgan fingerprint density at radius 2 is 1.92 bits per heavy atom. The lowest BCUT2D eigenvalue weighted by atomic mass is 10.2. The van der Waals surface area contributed by atoms with Crippen molar-refractivity contribution in [3.63, 3.8) is 0 Å². The number of pyridine rings is 1. The highest BCUT2D eigenvalue weighted by atomic mass is 19.3. The number of alkyl halides is 2. The smallest absolute Gasteiger partial charge is 0.269 e. The van der Waals surface area contributed by atoms with E-state index in [0.717, 1.165) is 0 Å². The maximum absolute atomic E-state index is 12.4. The molecule has 0 saturated heterocycles. The lowest BCUT2D eigenvalue weighted by Crippen LogP contribution is -2.04. The number of hydrogen-bond acceptors (Lipinski definition) is 3. The van der Waals surface area contributed by atoms with E-state index in [9.17, 15) is 13.2 Å². The van der Waals surface area contributed by atoms with Crippen molar-refractivity contribution in [2.75, 3.05) is 11.5 Å². The molecule has 12 heavy (non-hydrogen) atoms. The average Bonchev–Trinajstić information content (AvgIpc) is 1.82. The van der Waals surface area contributed by atoms with E-state index in [1.165, 1.54) is 0 Å². The predicted molar refractivity (Wildman–Crippen MR) is 38.0 cm³/mol. The molecule has 1 rings (SSSR count). The molecule has 1 aromatic rings. The summed E-state index contributed by atoms with van der Waals surface area (Å²) in [4.78, 5) is 3.01. The highest BCUT2D eigenvalue weighted by Gasteiger charge is 2.17. The van der Waals surface area contributed by atoms with Crippen molar-refractivity contribution in [1.29, 1.82) is 0 Å². The molecule has 0 amide bonds. The number of halogens is 3. The molecule has 66 valence electrons. The summed E-state index contributed by atoms with van der Waals surface area (Å²) in [7, 11) is 0. The molecule has 0 aliphatic heterocycles. The Morgan fingerprint density at radius 1 is 1.33 bits per heavy atom. The number of rotatable bonds is 1. The minimum absolute atomic E-state index is 0.380. The summed E-state index contributed by atoms with van der Waals surface area (Å²) in [6.45, 7) is 0. The standard InChI is InChI=1S/C6H6F3N3/c7-3-1-2(10)4(5(8)9)6(11)12-3/h1,5H,(H4,10,11,12). The molecule has 0 saturated carbocycles. The van der Waals surface area contributed by atoms with Gasteiger partial charge in [0.2, 0.25) is 5.95 Å². The summed E-state index contributed by atoms with van der Waals surface area (Å²) < 4.78 is 36.6. The largest absolute Gasteiger partial charge is 0.398 e. The van der Waals surface area contributed by atoms with Gasteiger partial charge in [0.15, 0.2) is 0 Å². The van der Waals surface area contributed by atoms with Gasteiger partial charge in [0.25, 0.3) is 6.43 Å². The van der Waals surface area contributed by atoms with Crippen LogP contribution in [0.3, 0.4) is 0 Å². The van der Waals surface area contributed by atoms with Gasteiger partial charge in [-0.3, -0.25) is 0 Å². The highest BCUT2D eigenvalue weighted by Crippen LogP contribution is 2.29. The van der Waals surface area contributed by atoms with Crippen molar-refractivity contribution in [2.24, 2.45) is 0 Å². The van der Waals surface area contributed by atoms with Crippen molar-refractivity contribution < 1.29 is 13.2 Å². The van der Waals surface area contributed by atoms with E-state index in [1.54, 1.807) is 0 Å². The molecule has 0 unspecified atom stereocenters. The van der Waals surface area contributed by atoms with Crippen LogP contribution in [0.2, 0.25) is 0 Å². The van der Waals surface area contributed by atoms with Crippen LogP contribution in [0.1, 0.15) is 12.0 Å². The first kappa shape index (κ1) is 8.63. The minimum atomic E-state index is -2.84. The molecule has 1 aromatic heterocycles. The number of hydrogen-bond donors (Lipinski definition) is 2. The van der Waals surface area contributed by atoms with Crippen molar-refractivity contribution >= 4 is 11.5 Å². The molecule has 0 aliphatic carbocycles. The van der Waals surface area contributed by atoms with Gasteiger partial charge in [-0.05, 0) is 0 Å². The van der Waals surface area contributed by atoms with Crippen molar-refractivity contribution in [1.82, 2.24) is 4.98 Å². The fraction of sp³-hybridized carbons (Fsp3) is 0.167. The fourth-order valence-corrected chi connectivity index (χ4v) is 0.799. The van der Waals surface area contributed by atoms with E-state index in [1.807, 2.05) is 0 Å². The van der Waals surface area contributed by atoms with Crippen LogP contribution in [0, 0.1) is 5.95 Å². The lowest BCUT2D eigenvalue weighted by molar-refractivity contribution is 0.152. The Morgan fingerprint density at radius 3 is 2.33 bits per heavy atom. The molecule has 0 aliphatic rings. The first-order valence-electron chi connectivity index (χ1n) is 3.02. The molecule has 0 atom stereocenters. The third kappa shape index (κ3) is 1.41.